The third-order valence-electron chi connectivity index (χ3n) is 4.74. The molecule has 0 aromatic heterocycles. The van der Waals surface area contributed by atoms with Crippen molar-refractivity contribution in [2.75, 3.05) is 32.8 Å². The summed E-state index contributed by atoms with van der Waals surface area (Å²) >= 11 is 0. The molecule has 3 unspecified atom stereocenters. The van der Waals surface area contributed by atoms with Crippen LogP contribution in [0.4, 0.5) is 0 Å². The van der Waals surface area contributed by atoms with E-state index in [1.165, 1.54) is 25.8 Å². The van der Waals surface area contributed by atoms with E-state index in [1.807, 2.05) is 0 Å². The van der Waals surface area contributed by atoms with Crippen molar-refractivity contribution in [3.63, 3.8) is 0 Å². The zero-order valence-electron chi connectivity index (χ0n) is 11.9. The van der Waals surface area contributed by atoms with Crippen molar-refractivity contribution in [3.8, 4) is 0 Å². The normalized spacial score (nSPS) is 30.2. The molecule has 0 bridgehead atoms. The second-order valence-corrected chi connectivity index (χ2v) is 6.25. The third-order valence-corrected chi connectivity index (χ3v) is 4.74. The predicted octanol–water partition coefficient (Wildman–Crippen LogP) is 0.501. The molecule has 0 aromatic carbocycles. The zero-order valence-corrected chi connectivity index (χ0v) is 11.9. The second-order valence-electron chi connectivity index (χ2n) is 6.25. The van der Waals surface area contributed by atoms with Gasteiger partial charge in [0.05, 0.1) is 6.61 Å². The van der Waals surface area contributed by atoms with Gasteiger partial charge in [-0.2, -0.15) is 0 Å². The van der Waals surface area contributed by atoms with Crippen molar-refractivity contribution >= 4 is 0 Å². The minimum atomic E-state index is 0.0742. The molecule has 0 radical (unpaired) electrons. The van der Waals surface area contributed by atoms with E-state index >= 15 is 0 Å². The van der Waals surface area contributed by atoms with E-state index in [4.69, 9.17) is 5.73 Å². The molecule has 0 aliphatic carbocycles. The number of aliphatic hydroxyl groups excluding tert-OH is 1. The van der Waals surface area contributed by atoms with Crippen LogP contribution in [0.25, 0.3) is 0 Å². The van der Waals surface area contributed by atoms with Gasteiger partial charge in [0.1, 0.15) is 0 Å². The van der Waals surface area contributed by atoms with Gasteiger partial charge >= 0.3 is 0 Å². The molecule has 2 heterocycles. The number of fused-ring (bicyclic) bond motifs is 1. The van der Waals surface area contributed by atoms with Crippen LogP contribution in [0.5, 0.6) is 0 Å². The van der Waals surface area contributed by atoms with Crippen LogP contribution in [0.2, 0.25) is 0 Å². The molecule has 0 aromatic rings. The molecule has 4 nitrogen and oxygen atoms in total. The summed E-state index contributed by atoms with van der Waals surface area (Å²) in [6, 6.07) is 0.903. The summed E-state index contributed by atoms with van der Waals surface area (Å²) in [4.78, 5) is 5.05. The average molecular weight is 255 g/mol. The fraction of sp³-hybridized carbons (Fsp3) is 1.00. The van der Waals surface area contributed by atoms with Crippen LogP contribution in [0.1, 0.15) is 33.1 Å². The van der Waals surface area contributed by atoms with Gasteiger partial charge in [0, 0.05) is 37.8 Å². The Bertz CT molecular complexity index is 259. The number of piperazine rings is 1. The molecule has 3 N–H and O–H groups in total. The summed E-state index contributed by atoms with van der Waals surface area (Å²) in [6.45, 7) is 9.03. The number of nitrogens with zero attached hydrogens (tertiary/aromatic N) is 2. The van der Waals surface area contributed by atoms with Gasteiger partial charge in [0.15, 0.2) is 0 Å². The highest BCUT2D eigenvalue weighted by molar-refractivity contribution is 4.91. The molecule has 2 fully saturated rings. The van der Waals surface area contributed by atoms with Gasteiger partial charge in [-0.1, -0.05) is 20.3 Å². The molecular weight excluding hydrogens is 226 g/mol. The Balaban J connectivity index is 1.95. The number of aliphatic hydroxyl groups is 1. The lowest BCUT2D eigenvalue weighted by molar-refractivity contribution is 0.000958. The van der Waals surface area contributed by atoms with Crippen LogP contribution in [0.3, 0.4) is 0 Å². The molecule has 2 aliphatic rings. The van der Waals surface area contributed by atoms with E-state index in [9.17, 15) is 5.11 Å². The van der Waals surface area contributed by atoms with E-state index in [0.717, 1.165) is 19.6 Å². The van der Waals surface area contributed by atoms with Crippen LogP contribution < -0.4 is 5.73 Å². The van der Waals surface area contributed by atoms with Crippen molar-refractivity contribution < 1.29 is 5.11 Å². The SMILES string of the molecule is CC(C)C(N)C(CO)N1CCN2CCCCC2C1. The molecule has 0 saturated carbocycles. The molecule has 106 valence electrons. The molecule has 0 spiro atoms. The first-order valence-electron chi connectivity index (χ1n) is 7.48. The van der Waals surface area contributed by atoms with Crippen molar-refractivity contribution in [3.05, 3.63) is 0 Å². The van der Waals surface area contributed by atoms with E-state index in [1.54, 1.807) is 0 Å². The molecule has 3 atom stereocenters. The summed E-state index contributed by atoms with van der Waals surface area (Å²) in [5.41, 5.74) is 6.25. The number of rotatable bonds is 4. The van der Waals surface area contributed by atoms with Gasteiger partial charge in [-0.05, 0) is 25.3 Å². The van der Waals surface area contributed by atoms with Gasteiger partial charge in [-0.25, -0.2) is 0 Å². The summed E-state index contributed by atoms with van der Waals surface area (Å²) in [5.74, 6) is 0.423. The topological polar surface area (TPSA) is 52.7 Å². The summed E-state index contributed by atoms with van der Waals surface area (Å²) in [7, 11) is 0. The van der Waals surface area contributed by atoms with Gasteiger partial charge in [-0.15, -0.1) is 0 Å². The fourth-order valence-corrected chi connectivity index (χ4v) is 3.41. The molecule has 2 rings (SSSR count). The van der Waals surface area contributed by atoms with Crippen LogP contribution in [-0.2, 0) is 0 Å². The number of hydrogen-bond acceptors (Lipinski definition) is 4. The average Bonchev–Trinajstić information content (AvgIpc) is 2.39. The number of nitrogens with two attached hydrogens (primary N) is 1. The first kappa shape index (κ1) is 14.3. The zero-order chi connectivity index (χ0) is 13.1. The van der Waals surface area contributed by atoms with E-state index in [2.05, 4.69) is 23.6 Å². The maximum Gasteiger partial charge on any atom is 0.0602 e. The van der Waals surface area contributed by atoms with Crippen molar-refractivity contribution in [2.45, 2.75) is 51.2 Å². The van der Waals surface area contributed by atoms with Crippen LogP contribution in [-0.4, -0.2) is 65.8 Å². The molecule has 4 heteroatoms. The van der Waals surface area contributed by atoms with Gasteiger partial charge < -0.3 is 10.8 Å². The summed E-state index contributed by atoms with van der Waals surface area (Å²) in [6.07, 6.45) is 4.02. The maximum absolute atomic E-state index is 9.66. The third kappa shape index (κ3) is 3.05. The largest absolute Gasteiger partial charge is 0.395 e. The minimum Gasteiger partial charge on any atom is -0.395 e. The highest BCUT2D eigenvalue weighted by atomic mass is 16.3. The predicted molar refractivity (Wildman–Crippen MR) is 74.5 cm³/mol. The molecule has 2 saturated heterocycles. The Morgan fingerprint density at radius 3 is 2.67 bits per heavy atom. The summed E-state index contributed by atoms with van der Waals surface area (Å²) in [5, 5.41) is 9.66. The number of hydrogen-bond donors (Lipinski definition) is 2. The van der Waals surface area contributed by atoms with Crippen LogP contribution >= 0.6 is 0 Å². The van der Waals surface area contributed by atoms with E-state index < -0.39 is 0 Å². The highest BCUT2D eigenvalue weighted by Crippen LogP contribution is 2.23. The monoisotopic (exact) mass is 255 g/mol. The van der Waals surface area contributed by atoms with Gasteiger partial charge in [-0.3, -0.25) is 9.80 Å². The van der Waals surface area contributed by atoms with E-state index in [-0.39, 0.29) is 18.7 Å². The summed E-state index contributed by atoms with van der Waals surface area (Å²) < 4.78 is 0. The van der Waals surface area contributed by atoms with E-state index in [0.29, 0.717) is 12.0 Å². The Morgan fingerprint density at radius 2 is 2.00 bits per heavy atom. The van der Waals surface area contributed by atoms with Gasteiger partial charge in [0.25, 0.3) is 0 Å². The Hall–Kier alpha value is -0.160. The van der Waals surface area contributed by atoms with Gasteiger partial charge in [0.2, 0.25) is 0 Å². The van der Waals surface area contributed by atoms with Crippen molar-refractivity contribution in [1.29, 1.82) is 0 Å². The fourth-order valence-electron chi connectivity index (χ4n) is 3.41. The van der Waals surface area contributed by atoms with Crippen molar-refractivity contribution in [1.82, 2.24) is 9.80 Å². The van der Waals surface area contributed by atoms with Crippen LogP contribution in [0, 0.1) is 5.92 Å². The minimum absolute atomic E-state index is 0.0742. The Labute approximate surface area is 111 Å². The second kappa shape index (κ2) is 6.33. The van der Waals surface area contributed by atoms with Crippen LogP contribution in [0.15, 0.2) is 0 Å². The standard InChI is InChI=1S/C14H29N3O/c1-11(2)14(15)13(10-18)17-8-7-16-6-4-3-5-12(16)9-17/h11-14,18H,3-10,15H2,1-2H3. The molecule has 18 heavy (non-hydrogen) atoms. The lowest BCUT2D eigenvalue weighted by Gasteiger charge is -2.47. The lowest BCUT2D eigenvalue weighted by atomic mass is 9.93. The lowest BCUT2D eigenvalue weighted by Crippen LogP contribution is -2.62. The first-order chi connectivity index (χ1) is 8.63. The van der Waals surface area contributed by atoms with Crippen molar-refractivity contribution in [2.24, 2.45) is 11.7 Å². The maximum atomic E-state index is 9.66. The Kier molecular flexibility index (Phi) is 5.01. The number of piperidine rings is 1. The smallest absolute Gasteiger partial charge is 0.0602 e. The quantitative estimate of drug-likeness (QED) is 0.768. The molecule has 2 aliphatic heterocycles. The highest BCUT2D eigenvalue weighted by Gasteiger charge is 2.34. The first-order valence-corrected chi connectivity index (χ1v) is 7.48. The molecular formula is C14H29N3O. The molecule has 0 amide bonds. The Morgan fingerprint density at radius 1 is 1.22 bits per heavy atom.